The Morgan fingerprint density at radius 1 is 0.474 bits per heavy atom. The average molecular weight is 1700 g/mol. The van der Waals surface area contributed by atoms with Gasteiger partial charge in [0.1, 0.15) is 89.9 Å². The molecule has 6 aliphatic rings. The molecule has 114 heavy (non-hydrogen) atoms. The van der Waals surface area contributed by atoms with E-state index >= 15 is 0 Å². The van der Waals surface area contributed by atoms with Crippen LogP contribution in [0, 0.1) is 0 Å². The highest BCUT2D eigenvalue weighted by molar-refractivity contribution is 8.57. The van der Waals surface area contributed by atoms with Gasteiger partial charge in [-0.3, -0.25) is 71.1 Å². The standard InChI is InChI=1S/3C22H27N6O8PS/c3*1-11(12-6-4-3-5-7-12)35-19(31)13-9-38-37(33,27-13)34-8-14-16(29)22(2,32)20(36-14)28-10-24-15-17(28)25-21(23)26-18(15)30/h3*3-7,10-11,13-14,16,20,29,32H,8-9H2,1-2H3,(H,27,33)(H3,23,25,26,30)/t11-,13?,14?,16-,20-,22-,37?;11-,13?,14?,16-,20-,22-,37+;11-,13?,14?,16-,20-,22-,37-/m111/s1. The molecular formula is C66H81N18O24P3S3. The van der Waals surface area contributed by atoms with Crippen LogP contribution in [-0.2, 0) is 70.1 Å². The van der Waals surface area contributed by atoms with E-state index in [1.54, 1.807) is 20.8 Å². The molecule has 0 amide bonds. The minimum absolute atomic E-state index is 0.0247. The molecule has 6 aromatic heterocycles. The third-order valence-electron chi connectivity index (χ3n) is 19.3. The van der Waals surface area contributed by atoms with Crippen molar-refractivity contribution in [1.29, 1.82) is 0 Å². The summed E-state index contributed by atoms with van der Waals surface area (Å²) in [4.78, 5) is 105. The number of nitrogens with one attached hydrogen (secondary N) is 6. The molecule has 7 unspecified atom stereocenters. The topological polar surface area (TPSA) is 612 Å². The van der Waals surface area contributed by atoms with Gasteiger partial charge in [-0.1, -0.05) is 125 Å². The smallest absolute Gasteiger partial charge is 0.327 e. The molecule has 9 aromatic rings. The predicted octanol–water partition coefficient (Wildman–Crippen LogP) is 2.54. The first-order chi connectivity index (χ1) is 53.9. The average Bonchev–Trinajstić information content (AvgIpc) is 1.60. The highest BCUT2D eigenvalue weighted by Gasteiger charge is 2.58. The Balaban J connectivity index is 0.000000149. The van der Waals surface area contributed by atoms with Crippen molar-refractivity contribution in [1.82, 2.24) is 73.8 Å². The van der Waals surface area contributed by atoms with Crippen LogP contribution in [0.2, 0.25) is 0 Å². The number of nitrogens with two attached hydrogens (primary N) is 3. The van der Waals surface area contributed by atoms with Crippen LogP contribution >= 0.6 is 54.3 Å². The van der Waals surface area contributed by atoms with Crippen LogP contribution in [0.3, 0.4) is 0 Å². The van der Waals surface area contributed by atoms with Gasteiger partial charge >= 0.3 is 38.1 Å². The maximum atomic E-state index is 13.2. The molecule has 0 spiro atoms. The van der Waals surface area contributed by atoms with Gasteiger partial charge in [0, 0.05) is 17.3 Å². The Morgan fingerprint density at radius 3 is 0.965 bits per heavy atom. The summed E-state index contributed by atoms with van der Waals surface area (Å²) in [7, 11) is 0. The van der Waals surface area contributed by atoms with Crippen molar-refractivity contribution in [2.24, 2.45) is 0 Å². The zero-order valence-electron chi connectivity index (χ0n) is 61.2. The molecule has 3 aromatic carbocycles. The Hall–Kier alpha value is -8.34. The zero-order chi connectivity index (χ0) is 81.7. The highest BCUT2D eigenvalue weighted by atomic mass is 32.7. The number of imidazole rings is 3. The maximum absolute atomic E-state index is 13.2. The van der Waals surface area contributed by atoms with E-state index in [9.17, 15) is 73.1 Å². The number of esters is 3. The number of aromatic nitrogens is 12. The molecule has 0 bridgehead atoms. The molecule has 21 atom stereocenters. The van der Waals surface area contributed by atoms with Gasteiger partial charge in [0.25, 0.3) is 16.7 Å². The number of aliphatic hydroxyl groups excluding tert-OH is 3. The number of nitrogen functional groups attached to an aromatic ring is 3. The van der Waals surface area contributed by atoms with E-state index in [0.717, 1.165) is 50.8 Å². The van der Waals surface area contributed by atoms with Gasteiger partial charge in [0.05, 0.1) is 38.8 Å². The molecule has 42 nitrogen and oxygen atoms in total. The monoisotopic (exact) mass is 1700 g/mol. The Labute approximate surface area is 656 Å². The number of H-pyrrole nitrogens is 3. The van der Waals surface area contributed by atoms with Crippen LogP contribution in [-0.4, -0.2) is 216 Å². The summed E-state index contributed by atoms with van der Waals surface area (Å²) in [5, 5.41) is 73.6. The second kappa shape index (κ2) is 33.3. The summed E-state index contributed by atoms with van der Waals surface area (Å²) in [6.45, 7) is -2.48. The van der Waals surface area contributed by atoms with Gasteiger partial charge in [-0.15, -0.1) is 0 Å². The fourth-order valence-corrected chi connectivity index (χ4v) is 24.7. The van der Waals surface area contributed by atoms with Gasteiger partial charge in [-0.2, -0.15) is 15.0 Å². The summed E-state index contributed by atoms with van der Waals surface area (Å²) in [6, 6.07) is 25.1. The molecule has 0 saturated carbocycles. The molecule has 6 aliphatic heterocycles. The number of hydrogen-bond donors (Lipinski definition) is 15. The molecule has 612 valence electrons. The summed E-state index contributed by atoms with van der Waals surface area (Å²) < 4.78 is 94.4. The minimum atomic E-state index is -3.55. The van der Waals surface area contributed by atoms with E-state index in [2.05, 4.69) is 60.1 Å². The quantitative estimate of drug-likeness (QED) is 0.0279. The number of aliphatic hydroxyl groups is 6. The number of fused-ring (bicyclic) bond motifs is 3. The number of carbonyl (C=O) groups excluding carboxylic acids is 3. The third-order valence-corrected chi connectivity index (χ3v) is 31.4. The summed E-state index contributed by atoms with van der Waals surface area (Å²) in [5.74, 6) is -1.68. The number of aromatic amines is 3. The van der Waals surface area contributed by atoms with Crippen molar-refractivity contribution in [3.8, 4) is 0 Å². The molecule has 0 aliphatic carbocycles. The first kappa shape index (κ1) is 83.6. The van der Waals surface area contributed by atoms with Crippen molar-refractivity contribution < 1.29 is 101 Å². The minimum Gasteiger partial charge on any atom is -0.457 e. The Bertz CT molecular complexity index is 4860. The van der Waals surface area contributed by atoms with Crippen molar-refractivity contribution in [3.63, 3.8) is 0 Å². The number of benzene rings is 3. The highest BCUT2D eigenvalue weighted by Crippen LogP contribution is 2.63. The summed E-state index contributed by atoms with van der Waals surface area (Å²) >= 11 is 2.81. The van der Waals surface area contributed by atoms with Crippen LogP contribution in [0.15, 0.2) is 124 Å². The molecular weight excluding hydrogens is 1620 g/mol. The number of carbonyl (C=O) groups is 3. The van der Waals surface area contributed by atoms with Crippen LogP contribution in [0.4, 0.5) is 17.8 Å². The van der Waals surface area contributed by atoms with Gasteiger partial charge < -0.3 is 89.8 Å². The van der Waals surface area contributed by atoms with E-state index in [1.165, 1.54) is 53.5 Å². The molecule has 6 fully saturated rings. The number of anilines is 3. The van der Waals surface area contributed by atoms with Crippen molar-refractivity contribution in [3.05, 3.63) is 158 Å². The SMILES string of the molecule is C[C@@H](OC(=O)C1CSP(=O)(OCC2O[C@@H](n3cnc4c(=O)[nH]c(N)nc43)[C@](C)(O)[C@@H]2O)N1)c1ccccc1.C[C@@H](OC(=O)C1CS[P@@](=O)(OCC2O[C@@H](n3cnc4c(=O)[nH]c(N)nc43)[C@](C)(O)[C@@H]2O)N1)c1ccccc1.C[C@@H](OC(=O)C1CS[P@](=O)(OCC2O[C@@H](n3cnc4c(=O)[nH]c(N)nc43)[C@](C)(O)[C@@H]2O)N1)c1ccccc1. The fourth-order valence-electron chi connectivity index (χ4n) is 13.0. The summed E-state index contributed by atoms with van der Waals surface area (Å²) in [6.07, 6.45) is -9.09. The molecule has 0 radical (unpaired) electrons. The summed E-state index contributed by atoms with van der Waals surface area (Å²) in [5.41, 5.74) is 12.2. The van der Waals surface area contributed by atoms with Gasteiger partial charge in [0.2, 0.25) is 17.8 Å². The van der Waals surface area contributed by atoms with Crippen LogP contribution in [0.5, 0.6) is 0 Å². The molecule has 18 N–H and O–H groups in total. The zero-order valence-corrected chi connectivity index (χ0v) is 66.3. The number of rotatable bonds is 21. The second-order valence-electron chi connectivity index (χ2n) is 27.7. The van der Waals surface area contributed by atoms with Crippen LogP contribution in [0.1, 0.15) is 95.2 Å². The molecule has 12 heterocycles. The lowest BCUT2D eigenvalue weighted by molar-refractivity contribution is -0.150. The lowest BCUT2D eigenvalue weighted by Gasteiger charge is -2.27. The van der Waals surface area contributed by atoms with Crippen LogP contribution in [0.25, 0.3) is 33.5 Å². The molecule has 15 rings (SSSR count). The Morgan fingerprint density at radius 2 is 0.719 bits per heavy atom. The maximum Gasteiger partial charge on any atom is 0.327 e. The van der Waals surface area contributed by atoms with E-state index in [0.29, 0.717) is 0 Å². The number of ether oxygens (including phenoxy) is 6. The van der Waals surface area contributed by atoms with E-state index in [-0.39, 0.29) is 88.4 Å². The molecule has 6 saturated heterocycles. The van der Waals surface area contributed by atoms with Crippen LogP contribution < -0.4 is 49.1 Å². The van der Waals surface area contributed by atoms with Crippen molar-refractivity contribution >= 4 is 124 Å². The number of nitrogens with zero attached hydrogens (tertiary/aromatic N) is 9. The van der Waals surface area contributed by atoms with Crippen molar-refractivity contribution in [2.75, 3.05) is 54.3 Å². The van der Waals surface area contributed by atoms with Gasteiger partial charge in [-0.05, 0) is 58.2 Å². The van der Waals surface area contributed by atoms with E-state index in [4.69, 9.17) is 59.2 Å². The van der Waals surface area contributed by atoms with E-state index in [1.807, 2.05) is 91.0 Å². The Kier molecular flexibility index (Phi) is 24.5. The van der Waals surface area contributed by atoms with Gasteiger partial charge in [0.15, 0.2) is 52.2 Å². The first-order valence-electron chi connectivity index (χ1n) is 35.1. The normalized spacial score (nSPS) is 32.0. The second-order valence-corrected chi connectivity index (χ2v) is 40.7. The van der Waals surface area contributed by atoms with E-state index < -0.39 is 163 Å². The largest absolute Gasteiger partial charge is 0.457 e. The fraction of sp³-hybridized carbons (Fsp3) is 0.455. The lowest BCUT2D eigenvalue weighted by Crippen LogP contribution is -2.44. The van der Waals surface area contributed by atoms with Gasteiger partial charge in [-0.25, -0.2) is 30.2 Å². The molecule has 48 heteroatoms. The number of hydrogen-bond acceptors (Lipinski definition) is 36. The predicted molar refractivity (Wildman–Crippen MR) is 411 cm³/mol. The first-order valence-corrected chi connectivity index (χ1v) is 44.7. The van der Waals surface area contributed by atoms with Crippen molar-refractivity contribution in [2.45, 2.75) is 150 Å². The lowest BCUT2D eigenvalue weighted by atomic mass is 9.96. The third kappa shape index (κ3) is 17.5.